The lowest BCUT2D eigenvalue weighted by Crippen LogP contribution is -1.91. The van der Waals surface area contributed by atoms with Gasteiger partial charge in [0.1, 0.15) is 0 Å². The summed E-state index contributed by atoms with van der Waals surface area (Å²) in [5.41, 5.74) is 12.1. The van der Waals surface area contributed by atoms with E-state index in [1.165, 1.54) is 0 Å². The minimum absolute atomic E-state index is 0.646. The summed E-state index contributed by atoms with van der Waals surface area (Å²) in [6.07, 6.45) is 0. The molecule has 0 heterocycles. The predicted molar refractivity (Wildman–Crippen MR) is 58.0 cm³/mol. The van der Waals surface area contributed by atoms with Gasteiger partial charge in [-0.1, -0.05) is 39.8 Å². The van der Waals surface area contributed by atoms with Gasteiger partial charge in [-0.2, -0.15) is 0 Å². The Morgan fingerprint density at radius 1 is 0.750 bits per heavy atom. The molecule has 0 aromatic heterocycles. The third-order valence-electron chi connectivity index (χ3n) is 0.996. The van der Waals surface area contributed by atoms with Crippen LogP contribution in [0.4, 0.5) is 11.4 Å². The lowest BCUT2D eigenvalue weighted by molar-refractivity contribution is 1.50. The first-order valence-electron chi connectivity index (χ1n) is 4.40. The first-order valence-corrected chi connectivity index (χ1v) is 4.40. The van der Waals surface area contributed by atoms with E-state index in [9.17, 15) is 0 Å². The monoisotopic (exact) mass is 168 g/mol. The van der Waals surface area contributed by atoms with Crippen LogP contribution in [-0.2, 0) is 0 Å². The molecule has 0 aliphatic heterocycles. The number of para-hydroxylation sites is 2. The van der Waals surface area contributed by atoms with Gasteiger partial charge in [0.05, 0.1) is 11.4 Å². The Hall–Kier alpha value is -1.18. The van der Waals surface area contributed by atoms with Gasteiger partial charge in [0.25, 0.3) is 0 Å². The summed E-state index contributed by atoms with van der Waals surface area (Å²) in [6, 6.07) is 7.25. The largest absolute Gasteiger partial charge is 0.397 e. The number of benzene rings is 1. The molecule has 0 amide bonds. The highest BCUT2D eigenvalue weighted by atomic mass is 14.7. The molecule has 0 spiro atoms. The second-order valence-corrected chi connectivity index (χ2v) is 1.63. The van der Waals surface area contributed by atoms with Gasteiger partial charge < -0.3 is 11.5 Å². The van der Waals surface area contributed by atoms with Crippen LogP contribution in [0.25, 0.3) is 0 Å². The van der Waals surface area contributed by atoms with Gasteiger partial charge in [0, 0.05) is 0 Å². The van der Waals surface area contributed by atoms with Crippen molar-refractivity contribution in [1.82, 2.24) is 0 Å². The van der Waals surface area contributed by atoms with E-state index in [1.54, 1.807) is 12.1 Å². The summed E-state index contributed by atoms with van der Waals surface area (Å²) in [5, 5.41) is 0. The Balaban J connectivity index is 0. The number of hydrogen-bond acceptors (Lipinski definition) is 2. The average Bonchev–Trinajstić information content (AvgIpc) is 2.17. The third kappa shape index (κ3) is 5.59. The van der Waals surface area contributed by atoms with Gasteiger partial charge in [-0.05, 0) is 12.1 Å². The zero-order chi connectivity index (χ0) is 9.98. The maximum Gasteiger partial charge on any atom is 0.0547 e. The van der Waals surface area contributed by atoms with E-state index in [-0.39, 0.29) is 0 Å². The minimum Gasteiger partial charge on any atom is -0.397 e. The third-order valence-corrected chi connectivity index (χ3v) is 0.996. The Morgan fingerprint density at radius 3 is 1.17 bits per heavy atom. The van der Waals surface area contributed by atoms with Crippen molar-refractivity contribution in [1.29, 1.82) is 0 Å². The van der Waals surface area contributed by atoms with Crippen LogP contribution in [0.3, 0.4) is 0 Å². The fourth-order valence-electron chi connectivity index (χ4n) is 0.511. The molecule has 12 heavy (non-hydrogen) atoms. The molecule has 0 aliphatic rings. The average molecular weight is 168 g/mol. The molecule has 0 fully saturated rings. The van der Waals surface area contributed by atoms with Crippen LogP contribution >= 0.6 is 0 Å². The van der Waals surface area contributed by atoms with Crippen LogP contribution in [0.15, 0.2) is 24.3 Å². The maximum atomic E-state index is 5.39. The second-order valence-electron chi connectivity index (χ2n) is 1.63. The highest BCUT2D eigenvalue weighted by Gasteiger charge is 1.85. The van der Waals surface area contributed by atoms with Crippen LogP contribution in [0.1, 0.15) is 27.7 Å². The van der Waals surface area contributed by atoms with Gasteiger partial charge in [-0.25, -0.2) is 0 Å². The maximum absolute atomic E-state index is 5.39. The highest BCUT2D eigenvalue weighted by molar-refractivity contribution is 5.62. The molecule has 4 N–H and O–H groups in total. The second kappa shape index (κ2) is 9.82. The molecule has 0 saturated carbocycles. The Bertz CT molecular complexity index is 164. The van der Waals surface area contributed by atoms with Crippen LogP contribution < -0.4 is 11.5 Å². The van der Waals surface area contributed by atoms with Gasteiger partial charge >= 0.3 is 0 Å². The van der Waals surface area contributed by atoms with E-state index in [4.69, 9.17) is 11.5 Å². The van der Waals surface area contributed by atoms with Crippen molar-refractivity contribution >= 4 is 11.4 Å². The number of anilines is 2. The smallest absolute Gasteiger partial charge is 0.0547 e. The lowest BCUT2D eigenvalue weighted by atomic mass is 10.3. The summed E-state index contributed by atoms with van der Waals surface area (Å²) < 4.78 is 0. The van der Waals surface area contributed by atoms with Crippen molar-refractivity contribution in [3.63, 3.8) is 0 Å². The zero-order valence-electron chi connectivity index (χ0n) is 8.46. The van der Waals surface area contributed by atoms with E-state index in [0.29, 0.717) is 11.4 Å². The molecule has 0 radical (unpaired) electrons. The first-order chi connectivity index (χ1) is 5.80. The first kappa shape index (κ1) is 13.4. The molecule has 0 aliphatic carbocycles. The van der Waals surface area contributed by atoms with Crippen LogP contribution in [0.2, 0.25) is 0 Å². The molecule has 0 saturated heterocycles. The van der Waals surface area contributed by atoms with Crippen LogP contribution in [-0.4, -0.2) is 0 Å². The number of hydrogen-bond donors (Lipinski definition) is 2. The van der Waals surface area contributed by atoms with Gasteiger partial charge in [-0.3, -0.25) is 0 Å². The zero-order valence-corrected chi connectivity index (χ0v) is 8.46. The minimum atomic E-state index is 0.646. The summed E-state index contributed by atoms with van der Waals surface area (Å²) in [6.45, 7) is 8.00. The van der Waals surface area contributed by atoms with Crippen molar-refractivity contribution < 1.29 is 0 Å². The van der Waals surface area contributed by atoms with Gasteiger partial charge in [0.2, 0.25) is 0 Å². The van der Waals surface area contributed by atoms with E-state index in [0.717, 1.165) is 0 Å². The molecule has 1 aromatic carbocycles. The molecule has 70 valence electrons. The van der Waals surface area contributed by atoms with E-state index < -0.39 is 0 Å². The summed E-state index contributed by atoms with van der Waals surface area (Å²) in [5.74, 6) is 0. The molecule has 0 unspecified atom stereocenters. The van der Waals surface area contributed by atoms with Crippen LogP contribution in [0, 0.1) is 0 Å². The van der Waals surface area contributed by atoms with Crippen molar-refractivity contribution in [3.05, 3.63) is 24.3 Å². The topological polar surface area (TPSA) is 52.0 Å². The fraction of sp³-hybridized carbons (Fsp3) is 0.400. The SMILES string of the molecule is CC.CC.Nc1ccccc1N. The molecule has 0 atom stereocenters. The number of nitrogen functional groups attached to an aromatic ring is 2. The van der Waals surface area contributed by atoms with Gasteiger partial charge in [-0.15, -0.1) is 0 Å². The number of rotatable bonds is 0. The summed E-state index contributed by atoms with van der Waals surface area (Å²) in [7, 11) is 0. The van der Waals surface area contributed by atoms with Crippen molar-refractivity contribution in [2.24, 2.45) is 0 Å². The van der Waals surface area contributed by atoms with Crippen molar-refractivity contribution in [2.75, 3.05) is 11.5 Å². The summed E-state index contributed by atoms with van der Waals surface area (Å²) in [4.78, 5) is 0. The highest BCUT2D eigenvalue weighted by Crippen LogP contribution is 2.10. The Labute approximate surface area is 75.6 Å². The predicted octanol–water partition coefficient (Wildman–Crippen LogP) is 2.90. The van der Waals surface area contributed by atoms with E-state index in [2.05, 4.69) is 0 Å². The molecule has 1 aromatic rings. The van der Waals surface area contributed by atoms with Crippen molar-refractivity contribution in [3.8, 4) is 0 Å². The molecular weight excluding hydrogens is 148 g/mol. The Morgan fingerprint density at radius 2 is 1.00 bits per heavy atom. The normalized spacial score (nSPS) is 7.00. The van der Waals surface area contributed by atoms with Crippen molar-refractivity contribution in [2.45, 2.75) is 27.7 Å². The Kier molecular flexibility index (Phi) is 11.0. The quantitative estimate of drug-likeness (QED) is 0.585. The molecule has 2 heteroatoms. The van der Waals surface area contributed by atoms with E-state index in [1.807, 2.05) is 39.8 Å². The lowest BCUT2D eigenvalue weighted by Gasteiger charge is -1.94. The molecule has 1 rings (SSSR count). The van der Waals surface area contributed by atoms with E-state index >= 15 is 0 Å². The van der Waals surface area contributed by atoms with Gasteiger partial charge in [0.15, 0.2) is 0 Å². The number of nitrogens with two attached hydrogens (primary N) is 2. The summed E-state index contributed by atoms with van der Waals surface area (Å²) >= 11 is 0. The molecular formula is C10H20N2. The molecule has 2 nitrogen and oxygen atoms in total. The van der Waals surface area contributed by atoms with Crippen LogP contribution in [0.5, 0.6) is 0 Å². The standard InChI is InChI=1S/C6H8N2.2C2H6/c7-5-3-1-2-4-6(5)8;2*1-2/h1-4H,7-8H2;2*1-2H3. The fourth-order valence-corrected chi connectivity index (χ4v) is 0.511. The molecule has 0 bridgehead atoms.